The van der Waals surface area contributed by atoms with Crippen LogP contribution in [0.1, 0.15) is 11.3 Å². The molecule has 5 heteroatoms. The molecule has 0 aliphatic rings. The van der Waals surface area contributed by atoms with E-state index in [9.17, 15) is 5.11 Å². The number of phenolic OH excluding ortho intramolecular Hbond substituents is 1. The molecule has 0 saturated heterocycles. The predicted molar refractivity (Wildman–Crippen MR) is 94.2 cm³/mol. The number of aromatic hydroxyl groups is 1. The lowest BCUT2D eigenvalue weighted by atomic mass is 10.2. The lowest BCUT2D eigenvalue weighted by Crippen LogP contribution is -1.74. The second-order valence-electron chi connectivity index (χ2n) is 5.12. The van der Waals surface area contributed by atoms with Crippen LogP contribution in [-0.4, -0.2) is 20.3 Å². The van der Waals surface area contributed by atoms with Gasteiger partial charge in [0.15, 0.2) is 0 Å². The predicted octanol–water partition coefficient (Wildman–Crippen LogP) is 4.56. The van der Waals surface area contributed by atoms with Gasteiger partial charge in [0.1, 0.15) is 16.5 Å². The maximum Gasteiger partial charge on any atom is 0.145 e. The third-order valence-corrected chi connectivity index (χ3v) is 4.52. The minimum absolute atomic E-state index is 0.266. The topological polar surface area (TPSA) is 61.8 Å². The molecule has 0 atom stereocenters. The maximum atomic E-state index is 9.29. The lowest BCUT2D eigenvalue weighted by Gasteiger charge is -1.93. The Balaban J connectivity index is 1.59. The molecule has 4 rings (SSSR count). The Hall–Kier alpha value is -2.92. The standard InChI is InChI=1S/C18H13N3OS/c22-14-9-6-12(7-10-14)5-8-13-11-16(21-20-13)18-19-15-3-1-2-4-17(15)23-18/h1-11,22H,(H,20,21)/b8-5+. The Morgan fingerprint density at radius 3 is 2.65 bits per heavy atom. The van der Waals surface area contributed by atoms with Crippen LogP contribution in [0.2, 0.25) is 0 Å². The van der Waals surface area contributed by atoms with Crippen molar-refractivity contribution in [3.05, 3.63) is 65.9 Å². The number of H-pyrrole nitrogens is 1. The van der Waals surface area contributed by atoms with Crippen LogP contribution in [0.3, 0.4) is 0 Å². The summed E-state index contributed by atoms with van der Waals surface area (Å²) >= 11 is 1.63. The van der Waals surface area contributed by atoms with Crippen LogP contribution in [0.4, 0.5) is 0 Å². The van der Waals surface area contributed by atoms with Crippen LogP contribution in [0.15, 0.2) is 54.6 Å². The molecule has 0 fully saturated rings. The zero-order valence-electron chi connectivity index (χ0n) is 12.1. The number of fused-ring (bicyclic) bond motifs is 1. The summed E-state index contributed by atoms with van der Waals surface area (Å²) < 4.78 is 1.16. The van der Waals surface area contributed by atoms with Crippen molar-refractivity contribution in [2.75, 3.05) is 0 Å². The van der Waals surface area contributed by atoms with Crippen LogP contribution in [0.5, 0.6) is 5.75 Å². The Morgan fingerprint density at radius 2 is 1.83 bits per heavy atom. The van der Waals surface area contributed by atoms with Crippen molar-refractivity contribution in [2.45, 2.75) is 0 Å². The summed E-state index contributed by atoms with van der Waals surface area (Å²) in [6.45, 7) is 0. The van der Waals surface area contributed by atoms with E-state index in [0.29, 0.717) is 0 Å². The van der Waals surface area contributed by atoms with Gasteiger partial charge in [0, 0.05) is 0 Å². The largest absolute Gasteiger partial charge is 0.508 e. The van der Waals surface area contributed by atoms with Gasteiger partial charge in [-0.05, 0) is 42.0 Å². The van der Waals surface area contributed by atoms with Crippen molar-refractivity contribution in [3.8, 4) is 16.5 Å². The first-order valence-corrected chi connectivity index (χ1v) is 7.98. The van der Waals surface area contributed by atoms with Gasteiger partial charge >= 0.3 is 0 Å². The second kappa shape index (κ2) is 5.70. The van der Waals surface area contributed by atoms with E-state index >= 15 is 0 Å². The molecule has 0 spiro atoms. The molecule has 112 valence electrons. The number of hydrogen-bond acceptors (Lipinski definition) is 4. The van der Waals surface area contributed by atoms with E-state index in [1.54, 1.807) is 23.5 Å². The zero-order chi connectivity index (χ0) is 15.6. The number of phenols is 1. The van der Waals surface area contributed by atoms with Crippen molar-refractivity contribution < 1.29 is 5.11 Å². The quantitative estimate of drug-likeness (QED) is 0.582. The number of aromatic amines is 1. The van der Waals surface area contributed by atoms with Gasteiger partial charge in [-0.25, -0.2) is 4.98 Å². The number of aromatic nitrogens is 3. The summed E-state index contributed by atoms with van der Waals surface area (Å²) in [6.07, 6.45) is 3.92. The van der Waals surface area contributed by atoms with Gasteiger partial charge in [-0.1, -0.05) is 30.3 Å². The van der Waals surface area contributed by atoms with Gasteiger partial charge in [0.25, 0.3) is 0 Å². The van der Waals surface area contributed by atoms with E-state index in [-0.39, 0.29) is 5.75 Å². The fourth-order valence-corrected chi connectivity index (χ4v) is 3.21. The first-order chi connectivity index (χ1) is 11.3. The third-order valence-electron chi connectivity index (χ3n) is 3.46. The van der Waals surface area contributed by atoms with Crippen molar-refractivity contribution in [2.24, 2.45) is 0 Å². The molecular weight excluding hydrogens is 306 g/mol. The zero-order valence-corrected chi connectivity index (χ0v) is 12.9. The van der Waals surface area contributed by atoms with Gasteiger partial charge in [0.05, 0.1) is 15.9 Å². The van der Waals surface area contributed by atoms with Gasteiger partial charge in [-0.2, -0.15) is 5.10 Å². The first kappa shape index (κ1) is 13.7. The third kappa shape index (κ3) is 2.86. The van der Waals surface area contributed by atoms with Crippen LogP contribution >= 0.6 is 11.3 Å². The summed E-state index contributed by atoms with van der Waals surface area (Å²) in [5, 5.41) is 17.5. The van der Waals surface area contributed by atoms with E-state index in [4.69, 9.17) is 0 Å². The molecule has 0 aliphatic carbocycles. The van der Waals surface area contributed by atoms with Gasteiger partial charge in [-0.3, -0.25) is 5.10 Å². The summed E-state index contributed by atoms with van der Waals surface area (Å²) in [4.78, 5) is 4.61. The molecular formula is C18H13N3OS. The number of nitrogens with zero attached hydrogens (tertiary/aromatic N) is 2. The normalized spacial score (nSPS) is 11.5. The van der Waals surface area contributed by atoms with Gasteiger partial charge < -0.3 is 5.11 Å². The number of hydrogen-bond donors (Lipinski definition) is 2. The summed E-state index contributed by atoms with van der Waals surface area (Å²) in [5.74, 6) is 0.266. The lowest BCUT2D eigenvalue weighted by molar-refractivity contribution is 0.475. The Morgan fingerprint density at radius 1 is 1.00 bits per heavy atom. The molecule has 23 heavy (non-hydrogen) atoms. The Labute approximate surface area is 136 Å². The Bertz CT molecular complexity index is 950. The fourth-order valence-electron chi connectivity index (χ4n) is 2.28. The monoisotopic (exact) mass is 319 g/mol. The fraction of sp³-hybridized carbons (Fsp3) is 0. The van der Waals surface area contributed by atoms with Crippen molar-refractivity contribution in [1.82, 2.24) is 15.2 Å². The smallest absolute Gasteiger partial charge is 0.145 e. The highest BCUT2D eigenvalue weighted by atomic mass is 32.1. The number of thiazole rings is 1. The second-order valence-corrected chi connectivity index (χ2v) is 6.15. The first-order valence-electron chi connectivity index (χ1n) is 7.16. The SMILES string of the molecule is Oc1ccc(/C=C/c2cc(-c3nc4ccccc4s3)n[nH]2)cc1. The maximum absolute atomic E-state index is 9.29. The molecule has 4 aromatic rings. The van der Waals surface area contributed by atoms with Crippen LogP contribution in [-0.2, 0) is 0 Å². The van der Waals surface area contributed by atoms with Crippen molar-refractivity contribution in [1.29, 1.82) is 0 Å². The van der Waals surface area contributed by atoms with Gasteiger partial charge in [0.2, 0.25) is 0 Å². The molecule has 2 heterocycles. The van der Waals surface area contributed by atoms with E-state index in [1.807, 2.05) is 48.6 Å². The van der Waals surface area contributed by atoms with Crippen LogP contribution in [0.25, 0.3) is 33.1 Å². The van der Waals surface area contributed by atoms with Crippen LogP contribution < -0.4 is 0 Å². The molecule has 0 saturated carbocycles. The molecule has 0 bridgehead atoms. The van der Waals surface area contributed by atoms with E-state index in [0.717, 1.165) is 32.2 Å². The highest BCUT2D eigenvalue weighted by Gasteiger charge is 2.08. The average molecular weight is 319 g/mol. The summed E-state index contributed by atoms with van der Waals surface area (Å²) in [6, 6.07) is 17.1. The molecule has 0 aliphatic heterocycles. The number of para-hydroxylation sites is 1. The van der Waals surface area contributed by atoms with Crippen molar-refractivity contribution >= 4 is 33.7 Å². The molecule has 2 aromatic heterocycles. The average Bonchev–Trinajstić information content (AvgIpc) is 3.21. The minimum atomic E-state index is 0.266. The van der Waals surface area contributed by atoms with Crippen LogP contribution in [0, 0.1) is 0 Å². The molecule has 4 nitrogen and oxygen atoms in total. The van der Waals surface area contributed by atoms with E-state index in [1.165, 1.54) is 0 Å². The summed E-state index contributed by atoms with van der Waals surface area (Å²) in [7, 11) is 0. The highest BCUT2D eigenvalue weighted by Crippen LogP contribution is 2.29. The Kier molecular flexibility index (Phi) is 3.40. The number of benzene rings is 2. The minimum Gasteiger partial charge on any atom is -0.508 e. The van der Waals surface area contributed by atoms with Gasteiger partial charge in [-0.15, -0.1) is 11.3 Å². The highest BCUT2D eigenvalue weighted by molar-refractivity contribution is 7.21. The molecule has 0 unspecified atom stereocenters. The summed E-state index contributed by atoms with van der Waals surface area (Å²) in [5.41, 5.74) is 3.76. The molecule has 0 amide bonds. The molecule has 0 radical (unpaired) electrons. The molecule has 2 aromatic carbocycles. The molecule has 2 N–H and O–H groups in total. The van der Waals surface area contributed by atoms with E-state index in [2.05, 4.69) is 21.2 Å². The number of nitrogens with one attached hydrogen (secondary N) is 1. The number of rotatable bonds is 3. The van der Waals surface area contributed by atoms with Crippen molar-refractivity contribution in [3.63, 3.8) is 0 Å². The van der Waals surface area contributed by atoms with E-state index < -0.39 is 0 Å².